The zero-order chi connectivity index (χ0) is 18.8. The average Bonchev–Trinajstić information content (AvgIpc) is 3.32. The minimum Gasteiger partial charge on any atom is -0.376 e. The first kappa shape index (κ1) is 17.8. The van der Waals surface area contributed by atoms with Gasteiger partial charge in [0.15, 0.2) is 5.65 Å². The molecule has 2 aromatic heterocycles. The van der Waals surface area contributed by atoms with Gasteiger partial charge in [0.05, 0.1) is 33.5 Å². The molecule has 4 rings (SSSR count). The first-order valence-corrected chi connectivity index (χ1v) is 9.98. The molecule has 1 atom stereocenters. The van der Waals surface area contributed by atoms with Crippen molar-refractivity contribution < 1.29 is 9.53 Å². The van der Waals surface area contributed by atoms with Crippen molar-refractivity contribution in [1.29, 1.82) is 5.26 Å². The van der Waals surface area contributed by atoms with Crippen LogP contribution in [-0.4, -0.2) is 40.3 Å². The third kappa shape index (κ3) is 3.51. The van der Waals surface area contributed by atoms with Crippen LogP contribution in [0.3, 0.4) is 0 Å². The van der Waals surface area contributed by atoms with Crippen molar-refractivity contribution in [3.63, 3.8) is 0 Å². The molecule has 1 aliphatic rings. The van der Waals surface area contributed by atoms with Gasteiger partial charge in [-0.15, -0.1) is 0 Å². The number of hydrogen-bond donors (Lipinski definition) is 1. The molecule has 27 heavy (non-hydrogen) atoms. The molecule has 1 amide bonds. The van der Waals surface area contributed by atoms with E-state index in [1.165, 1.54) is 11.8 Å². The van der Waals surface area contributed by atoms with E-state index >= 15 is 0 Å². The summed E-state index contributed by atoms with van der Waals surface area (Å²) in [6.45, 7) is 3.25. The van der Waals surface area contributed by atoms with Crippen molar-refractivity contribution in [1.82, 2.24) is 14.7 Å². The number of pyridine rings is 1. The van der Waals surface area contributed by atoms with Crippen LogP contribution in [0.1, 0.15) is 24.0 Å². The number of fused-ring (bicyclic) bond motifs is 3. The van der Waals surface area contributed by atoms with Crippen LogP contribution in [0.4, 0.5) is 0 Å². The second-order valence-corrected chi connectivity index (χ2v) is 7.64. The monoisotopic (exact) mass is 380 g/mol. The van der Waals surface area contributed by atoms with Gasteiger partial charge in [0.2, 0.25) is 5.91 Å². The van der Waals surface area contributed by atoms with E-state index in [0.717, 1.165) is 41.1 Å². The van der Waals surface area contributed by atoms with E-state index in [-0.39, 0.29) is 12.0 Å². The maximum Gasteiger partial charge on any atom is 0.230 e. The number of hydrogen-bond acceptors (Lipinski definition) is 5. The van der Waals surface area contributed by atoms with Gasteiger partial charge in [0.25, 0.3) is 0 Å². The number of carbonyl (C=O) groups is 1. The summed E-state index contributed by atoms with van der Waals surface area (Å²) in [6.07, 6.45) is 2.20. The number of thioether (sulfide) groups is 1. The zero-order valence-electron chi connectivity index (χ0n) is 15.1. The van der Waals surface area contributed by atoms with Gasteiger partial charge in [-0.3, -0.25) is 9.20 Å². The summed E-state index contributed by atoms with van der Waals surface area (Å²) in [5.41, 5.74) is 3.84. The lowest BCUT2D eigenvalue weighted by molar-refractivity contribution is -0.119. The number of nitrogens with zero attached hydrogens (tertiary/aromatic N) is 3. The highest BCUT2D eigenvalue weighted by Gasteiger charge is 2.18. The summed E-state index contributed by atoms with van der Waals surface area (Å²) >= 11 is 1.45. The molecule has 7 heteroatoms. The number of ether oxygens (including phenoxy) is 1. The lowest BCUT2D eigenvalue weighted by Gasteiger charge is -2.12. The van der Waals surface area contributed by atoms with Crippen LogP contribution in [-0.2, 0) is 9.53 Å². The normalized spacial score (nSPS) is 16.7. The molecule has 6 nitrogen and oxygen atoms in total. The molecule has 0 radical (unpaired) electrons. The summed E-state index contributed by atoms with van der Waals surface area (Å²) in [5.74, 6) is 0.287. The van der Waals surface area contributed by atoms with Crippen LogP contribution >= 0.6 is 11.8 Å². The van der Waals surface area contributed by atoms with E-state index in [2.05, 4.69) is 16.4 Å². The molecule has 0 bridgehead atoms. The number of imidazole rings is 1. The van der Waals surface area contributed by atoms with Crippen molar-refractivity contribution in [2.75, 3.05) is 18.9 Å². The van der Waals surface area contributed by atoms with Crippen LogP contribution in [0.15, 0.2) is 35.4 Å². The second kappa shape index (κ2) is 7.59. The number of aromatic nitrogens is 2. The Morgan fingerprint density at radius 3 is 3.11 bits per heavy atom. The Morgan fingerprint density at radius 1 is 1.48 bits per heavy atom. The molecule has 1 N–H and O–H groups in total. The van der Waals surface area contributed by atoms with Crippen LogP contribution in [0.5, 0.6) is 0 Å². The number of benzene rings is 1. The Balaban J connectivity index is 1.59. The van der Waals surface area contributed by atoms with E-state index in [1.54, 1.807) is 0 Å². The summed E-state index contributed by atoms with van der Waals surface area (Å²) in [5, 5.41) is 13.4. The third-order valence-corrected chi connectivity index (χ3v) is 5.76. The van der Waals surface area contributed by atoms with Crippen LogP contribution < -0.4 is 5.32 Å². The van der Waals surface area contributed by atoms with Gasteiger partial charge in [-0.1, -0.05) is 23.9 Å². The van der Waals surface area contributed by atoms with Crippen molar-refractivity contribution in [3.05, 3.63) is 41.5 Å². The Kier molecular flexibility index (Phi) is 5.01. The van der Waals surface area contributed by atoms with Gasteiger partial charge in [-0.05, 0) is 43.5 Å². The van der Waals surface area contributed by atoms with E-state index in [1.807, 2.05) is 41.7 Å². The standard InChI is InChI=1S/C20H20N4O2S/c1-13-9-19(27-12-18(25)22-11-14-5-4-8-26-14)24-17-7-3-2-6-16(17)23-20(24)15(13)10-21/h2-3,6-7,9,14H,4-5,8,11-12H2,1H3,(H,22,25). The number of rotatable bonds is 5. The number of nitrogens with one attached hydrogen (secondary N) is 1. The Bertz CT molecular complexity index is 1050. The second-order valence-electron chi connectivity index (χ2n) is 6.64. The van der Waals surface area contributed by atoms with Gasteiger partial charge in [-0.2, -0.15) is 5.26 Å². The first-order chi connectivity index (χ1) is 13.2. The van der Waals surface area contributed by atoms with Gasteiger partial charge in [-0.25, -0.2) is 4.98 Å². The molecule has 1 aliphatic heterocycles. The fourth-order valence-electron chi connectivity index (χ4n) is 3.38. The molecule has 3 aromatic rings. The van der Waals surface area contributed by atoms with Crippen molar-refractivity contribution in [2.45, 2.75) is 30.9 Å². The van der Waals surface area contributed by atoms with Crippen LogP contribution in [0.25, 0.3) is 16.7 Å². The number of aryl methyl sites for hydroxylation is 1. The molecule has 1 unspecified atom stereocenters. The molecule has 0 spiro atoms. The lowest BCUT2D eigenvalue weighted by atomic mass is 10.2. The number of carbonyl (C=O) groups excluding carboxylic acids is 1. The van der Waals surface area contributed by atoms with Gasteiger partial charge < -0.3 is 10.1 Å². The van der Waals surface area contributed by atoms with Gasteiger partial charge >= 0.3 is 0 Å². The summed E-state index contributed by atoms with van der Waals surface area (Å²) in [4.78, 5) is 16.9. The zero-order valence-corrected chi connectivity index (χ0v) is 15.9. The third-order valence-electron chi connectivity index (χ3n) is 4.75. The van der Waals surface area contributed by atoms with E-state index in [9.17, 15) is 10.1 Å². The van der Waals surface area contributed by atoms with Gasteiger partial charge in [0, 0.05) is 13.2 Å². The maximum atomic E-state index is 12.3. The van der Waals surface area contributed by atoms with E-state index in [0.29, 0.717) is 23.5 Å². The van der Waals surface area contributed by atoms with Gasteiger partial charge in [0.1, 0.15) is 6.07 Å². The highest BCUT2D eigenvalue weighted by Crippen LogP contribution is 2.29. The van der Waals surface area contributed by atoms with Crippen LogP contribution in [0, 0.1) is 18.3 Å². The number of nitriles is 1. The molecule has 0 aliphatic carbocycles. The largest absolute Gasteiger partial charge is 0.376 e. The molecule has 1 saturated heterocycles. The lowest BCUT2D eigenvalue weighted by Crippen LogP contribution is -2.32. The summed E-state index contributed by atoms with van der Waals surface area (Å²) < 4.78 is 7.51. The Morgan fingerprint density at radius 2 is 2.33 bits per heavy atom. The Labute approximate surface area is 161 Å². The summed E-state index contributed by atoms with van der Waals surface area (Å²) in [7, 11) is 0. The summed E-state index contributed by atoms with van der Waals surface area (Å²) in [6, 6.07) is 12.0. The SMILES string of the molecule is Cc1cc(SCC(=O)NCC2CCCO2)n2c(nc3ccccc32)c1C#N. The van der Waals surface area contributed by atoms with Crippen molar-refractivity contribution in [2.24, 2.45) is 0 Å². The minimum atomic E-state index is -0.0184. The molecular formula is C20H20N4O2S. The molecule has 1 aromatic carbocycles. The van der Waals surface area contributed by atoms with Crippen molar-refractivity contribution in [3.8, 4) is 6.07 Å². The number of para-hydroxylation sites is 2. The predicted molar refractivity (Wildman–Crippen MR) is 105 cm³/mol. The highest BCUT2D eigenvalue weighted by molar-refractivity contribution is 7.99. The van der Waals surface area contributed by atoms with Crippen molar-refractivity contribution >= 4 is 34.3 Å². The highest BCUT2D eigenvalue weighted by atomic mass is 32.2. The fraction of sp³-hybridized carbons (Fsp3) is 0.350. The molecule has 3 heterocycles. The molecule has 0 saturated carbocycles. The number of amides is 1. The molecule has 138 valence electrons. The molecule has 1 fully saturated rings. The minimum absolute atomic E-state index is 0.0184. The quantitative estimate of drug-likeness (QED) is 0.688. The first-order valence-electron chi connectivity index (χ1n) is 8.99. The predicted octanol–water partition coefficient (Wildman–Crippen LogP) is 3.05. The maximum absolute atomic E-state index is 12.3. The van der Waals surface area contributed by atoms with E-state index in [4.69, 9.17) is 4.74 Å². The van der Waals surface area contributed by atoms with Crippen LogP contribution in [0.2, 0.25) is 0 Å². The van der Waals surface area contributed by atoms with E-state index < -0.39 is 0 Å². The topological polar surface area (TPSA) is 79.4 Å². The average molecular weight is 380 g/mol. The Hall–Kier alpha value is -2.56. The fourth-order valence-corrected chi connectivity index (χ4v) is 4.34. The molecular weight excluding hydrogens is 360 g/mol. The smallest absolute Gasteiger partial charge is 0.230 e.